The Morgan fingerprint density at radius 2 is 1.43 bits per heavy atom. The number of esters is 2. The fourth-order valence-electron chi connectivity index (χ4n) is 2.06. The minimum atomic E-state index is -3.58. The first-order chi connectivity index (χ1) is 10.9. The van der Waals surface area contributed by atoms with Crippen LogP contribution in [0.1, 0.15) is 53.4 Å². The summed E-state index contributed by atoms with van der Waals surface area (Å²) in [5.74, 6) is -0.869. The van der Waals surface area contributed by atoms with Crippen LogP contribution >= 0.6 is 7.60 Å². The molecule has 0 saturated heterocycles. The third-order valence-corrected chi connectivity index (χ3v) is 5.44. The molecule has 8 heteroatoms. The van der Waals surface area contributed by atoms with E-state index in [-0.39, 0.29) is 38.6 Å². The predicted octanol–water partition coefficient (Wildman–Crippen LogP) is 3.31. The molecule has 0 aromatic rings. The zero-order valence-electron chi connectivity index (χ0n) is 14.5. The van der Waals surface area contributed by atoms with E-state index in [1.807, 2.05) is 0 Å². The Labute approximate surface area is 138 Å². The summed E-state index contributed by atoms with van der Waals surface area (Å²) in [7, 11) is -3.58. The topological polar surface area (TPSA) is 88.1 Å². The van der Waals surface area contributed by atoms with E-state index in [4.69, 9.17) is 18.5 Å². The number of unbranched alkanes of at least 4 members (excludes halogenated alkanes) is 1. The highest BCUT2D eigenvalue weighted by atomic mass is 31.2. The largest absolute Gasteiger partial charge is 0.466 e. The van der Waals surface area contributed by atoms with Crippen molar-refractivity contribution in [2.24, 2.45) is 0 Å². The predicted molar refractivity (Wildman–Crippen MR) is 86.4 cm³/mol. The van der Waals surface area contributed by atoms with E-state index >= 15 is 0 Å². The molecule has 0 aromatic carbocycles. The quantitative estimate of drug-likeness (QED) is 0.285. The molecule has 0 heterocycles. The van der Waals surface area contributed by atoms with E-state index < -0.39 is 19.2 Å². The van der Waals surface area contributed by atoms with Gasteiger partial charge in [0.25, 0.3) is 0 Å². The second-order valence-electron chi connectivity index (χ2n) is 4.69. The number of ether oxygens (including phenoxy) is 2. The van der Waals surface area contributed by atoms with Gasteiger partial charge in [-0.1, -0.05) is 6.42 Å². The van der Waals surface area contributed by atoms with Crippen LogP contribution < -0.4 is 0 Å². The van der Waals surface area contributed by atoms with Crippen LogP contribution in [0.3, 0.4) is 0 Å². The van der Waals surface area contributed by atoms with Gasteiger partial charge in [-0.15, -0.1) is 0 Å². The van der Waals surface area contributed by atoms with Crippen molar-refractivity contribution in [3.8, 4) is 0 Å². The minimum Gasteiger partial charge on any atom is -0.466 e. The molecule has 136 valence electrons. The van der Waals surface area contributed by atoms with E-state index in [1.54, 1.807) is 27.7 Å². The summed E-state index contributed by atoms with van der Waals surface area (Å²) in [6.07, 6.45) is 1.59. The SMILES string of the molecule is CCOC(=O)CCCC[C@@H](C(=O)OCC)P(=O)(OCC)OCC. The zero-order valence-corrected chi connectivity index (χ0v) is 15.4. The molecule has 0 N–H and O–H groups in total. The number of hydrogen-bond donors (Lipinski definition) is 0. The van der Waals surface area contributed by atoms with Crippen LogP contribution in [0.15, 0.2) is 0 Å². The molecule has 0 bridgehead atoms. The van der Waals surface area contributed by atoms with Crippen molar-refractivity contribution in [2.45, 2.75) is 59.0 Å². The van der Waals surface area contributed by atoms with Crippen molar-refractivity contribution in [3.63, 3.8) is 0 Å². The summed E-state index contributed by atoms with van der Waals surface area (Å²) in [5, 5.41) is 0. The van der Waals surface area contributed by atoms with Gasteiger partial charge in [-0.3, -0.25) is 14.2 Å². The Morgan fingerprint density at radius 1 is 0.870 bits per heavy atom. The first kappa shape index (κ1) is 22.1. The average molecular weight is 352 g/mol. The number of rotatable bonds is 13. The second-order valence-corrected chi connectivity index (χ2v) is 6.91. The highest BCUT2D eigenvalue weighted by Gasteiger charge is 2.41. The molecule has 0 rings (SSSR count). The summed E-state index contributed by atoms with van der Waals surface area (Å²) < 4.78 is 33.2. The number of carbonyl (C=O) groups is 2. The van der Waals surface area contributed by atoms with Gasteiger partial charge in [-0.25, -0.2) is 0 Å². The van der Waals surface area contributed by atoms with Crippen molar-refractivity contribution >= 4 is 19.5 Å². The molecule has 0 saturated carbocycles. The smallest absolute Gasteiger partial charge is 0.344 e. The summed E-state index contributed by atoms with van der Waals surface area (Å²) in [6, 6.07) is 0. The van der Waals surface area contributed by atoms with Gasteiger partial charge < -0.3 is 18.5 Å². The van der Waals surface area contributed by atoms with Crippen LogP contribution in [-0.2, 0) is 32.7 Å². The van der Waals surface area contributed by atoms with E-state index in [0.29, 0.717) is 19.4 Å². The van der Waals surface area contributed by atoms with Crippen molar-refractivity contribution < 1.29 is 32.7 Å². The van der Waals surface area contributed by atoms with Crippen molar-refractivity contribution in [3.05, 3.63) is 0 Å². The average Bonchev–Trinajstić information content (AvgIpc) is 2.47. The van der Waals surface area contributed by atoms with Crippen molar-refractivity contribution in [1.82, 2.24) is 0 Å². The van der Waals surface area contributed by atoms with Gasteiger partial charge in [-0.2, -0.15) is 0 Å². The van der Waals surface area contributed by atoms with Gasteiger partial charge >= 0.3 is 19.5 Å². The molecular formula is C15H29O7P. The molecule has 0 fully saturated rings. The molecule has 0 amide bonds. The Kier molecular flexibility index (Phi) is 12.0. The van der Waals surface area contributed by atoms with Gasteiger partial charge in [0.15, 0.2) is 5.66 Å². The van der Waals surface area contributed by atoms with Crippen LogP contribution in [0.4, 0.5) is 0 Å². The molecule has 7 nitrogen and oxygen atoms in total. The Balaban J connectivity index is 4.77. The zero-order chi connectivity index (χ0) is 17.7. The summed E-state index contributed by atoms with van der Waals surface area (Å²) in [5.41, 5.74) is -0.968. The Bertz CT molecular complexity index is 387. The molecule has 0 radical (unpaired) electrons. The molecule has 0 aliphatic heterocycles. The number of carbonyl (C=O) groups excluding carboxylic acids is 2. The van der Waals surface area contributed by atoms with E-state index in [1.165, 1.54) is 0 Å². The molecule has 0 aliphatic rings. The molecule has 0 aliphatic carbocycles. The van der Waals surface area contributed by atoms with Crippen molar-refractivity contribution in [1.29, 1.82) is 0 Å². The van der Waals surface area contributed by atoms with Crippen LogP contribution in [0.25, 0.3) is 0 Å². The summed E-state index contributed by atoms with van der Waals surface area (Å²) in [4.78, 5) is 23.4. The van der Waals surface area contributed by atoms with Crippen LogP contribution in [-0.4, -0.2) is 44.0 Å². The first-order valence-corrected chi connectivity index (χ1v) is 9.77. The maximum absolute atomic E-state index is 12.8. The molecular weight excluding hydrogens is 323 g/mol. The fraction of sp³-hybridized carbons (Fsp3) is 0.867. The van der Waals surface area contributed by atoms with Crippen LogP contribution in [0.2, 0.25) is 0 Å². The maximum atomic E-state index is 12.8. The molecule has 23 heavy (non-hydrogen) atoms. The lowest BCUT2D eigenvalue weighted by atomic mass is 10.1. The lowest BCUT2D eigenvalue weighted by Crippen LogP contribution is -2.26. The van der Waals surface area contributed by atoms with E-state index in [0.717, 1.165) is 0 Å². The second kappa shape index (κ2) is 12.5. The van der Waals surface area contributed by atoms with Gasteiger partial charge in [0, 0.05) is 6.42 Å². The monoisotopic (exact) mass is 352 g/mol. The van der Waals surface area contributed by atoms with E-state index in [9.17, 15) is 14.2 Å². The third kappa shape index (κ3) is 8.49. The Morgan fingerprint density at radius 3 is 1.91 bits per heavy atom. The lowest BCUT2D eigenvalue weighted by molar-refractivity contribution is -0.143. The fourth-order valence-corrected chi connectivity index (χ4v) is 4.05. The standard InChI is InChI=1S/C15H29O7P/c1-5-19-14(16)12-10-9-11-13(15(17)20-6-2)23(18,21-7-3)22-8-4/h13H,5-12H2,1-4H3/t13-/m0/s1. The van der Waals surface area contributed by atoms with Gasteiger partial charge in [0.1, 0.15) is 0 Å². The molecule has 0 aromatic heterocycles. The van der Waals surface area contributed by atoms with Gasteiger partial charge in [-0.05, 0) is 40.5 Å². The van der Waals surface area contributed by atoms with Gasteiger partial charge in [0.2, 0.25) is 0 Å². The lowest BCUT2D eigenvalue weighted by Gasteiger charge is -2.24. The Hall–Kier alpha value is -0.910. The van der Waals surface area contributed by atoms with Crippen LogP contribution in [0.5, 0.6) is 0 Å². The van der Waals surface area contributed by atoms with Gasteiger partial charge in [0.05, 0.1) is 26.4 Å². The summed E-state index contributed by atoms with van der Waals surface area (Å²) in [6.45, 7) is 7.69. The highest BCUT2D eigenvalue weighted by Crippen LogP contribution is 2.55. The molecule has 1 atom stereocenters. The molecule has 0 spiro atoms. The van der Waals surface area contributed by atoms with Crippen LogP contribution in [0, 0.1) is 0 Å². The molecule has 0 unspecified atom stereocenters. The van der Waals surface area contributed by atoms with E-state index in [2.05, 4.69) is 0 Å². The first-order valence-electron chi connectivity index (χ1n) is 8.16. The summed E-state index contributed by atoms with van der Waals surface area (Å²) >= 11 is 0. The third-order valence-electron chi connectivity index (χ3n) is 2.97. The normalized spacial score (nSPS) is 12.7. The maximum Gasteiger partial charge on any atom is 0.344 e. The minimum absolute atomic E-state index is 0.177. The highest BCUT2D eigenvalue weighted by molar-refractivity contribution is 7.55. The van der Waals surface area contributed by atoms with Crippen molar-refractivity contribution in [2.75, 3.05) is 26.4 Å². The number of hydrogen-bond acceptors (Lipinski definition) is 7.